The monoisotopic (exact) mass is 279 g/mol. The number of carbonyl (C=O) groups is 2. The van der Waals surface area contributed by atoms with Gasteiger partial charge in [-0.2, -0.15) is 5.26 Å². The predicted molar refractivity (Wildman–Crippen MR) is 69.8 cm³/mol. The van der Waals surface area contributed by atoms with Crippen LogP contribution in [0.5, 0.6) is 0 Å². The molecule has 1 N–H and O–H groups in total. The number of nitriles is 1. The molecule has 0 saturated carbocycles. The Kier molecular flexibility index (Phi) is 5.82. The first-order valence-corrected chi connectivity index (χ1v) is 6.46. The summed E-state index contributed by atoms with van der Waals surface area (Å²) >= 11 is 1.17. The van der Waals surface area contributed by atoms with Gasteiger partial charge >= 0.3 is 5.97 Å². The number of hydrogen-bond donors (Lipinski definition) is 1. The molecule has 0 aliphatic carbocycles. The highest BCUT2D eigenvalue weighted by Crippen LogP contribution is 2.16. The third-order valence-corrected chi connectivity index (χ3v) is 3.22. The Morgan fingerprint density at radius 2 is 2.32 bits per heavy atom. The van der Waals surface area contributed by atoms with Crippen molar-refractivity contribution in [3.8, 4) is 6.07 Å². The Morgan fingerprint density at radius 1 is 1.58 bits per heavy atom. The first-order valence-electron chi connectivity index (χ1n) is 5.47. The highest BCUT2D eigenvalue weighted by atomic mass is 32.2. The Labute approximate surface area is 115 Å². The summed E-state index contributed by atoms with van der Waals surface area (Å²) in [6, 6.07) is 4.79. The molecule has 1 rings (SSSR count). The Hall–Kier alpha value is -2.07. The lowest BCUT2D eigenvalue weighted by molar-refractivity contribution is -0.127. The number of hydrogen-bond acceptors (Lipinski definition) is 5. The summed E-state index contributed by atoms with van der Waals surface area (Å²) in [7, 11) is 1.63. The normalized spacial score (nSPS) is 9.68. The fraction of sp³-hybridized carbons (Fsp3) is 0.333. The number of aromatic carboxylic acids is 1. The summed E-state index contributed by atoms with van der Waals surface area (Å²) < 4.78 is 0. The van der Waals surface area contributed by atoms with Crippen LogP contribution in [-0.2, 0) is 4.79 Å². The molecule has 1 amide bonds. The minimum Gasteiger partial charge on any atom is -0.478 e. The molecule has 0 bridgehead atoms. The van der Waals surface area contributed by atoms with Gasteiger partial charge in [-0.15, -0.1) is 0 Å². The number of pyridine rings is 1. The predicted octanol–water partition coefficient (Wildman–Crippen LogP) is 1.24. The smallest absolute Gasteiger partial charge is 0.335 e. The zero-order chi connectivity index (χ0) is 14.3. The van der Waals surface area contributed by atoms with Gasteiger partial charge < -0.3 is 10.0 Å². The molecule has 1 aromatic heterocycles. The molecule has 0 aliphatic rings. The van der Waals surface area contributed by atoms with Crippen LogP contribution in [0.3, 0.4) is 0 Å². The van der Waals surface area contributed by atoms with Crippen LogP contribution in [0.15, 0.2) is 23.4 Å². The van der Waals surface area contributed by atoms with Crippen LogP contribution in [0.25, 0.3) is 0 Å². The number of rotatable bonds is 6. The van der Waals surface area contributed by atoms with E-state index in [9.17, 15) is 9.59 Å². The van der Waals surface area contributed by atoms with Crippen LogP contribution >= 0.6 is 11.8 Å². The van der Waals surface area contributed by atoms with Crippen molar-refractivity contribution < 1.29 is 14.7 Å². The molecule has 0 radical (unpaired) electrons. The van der Waals surface area contributed by atoms with Crippen molar-refractivity contribution >= 4 is 23.6 Å². The van der Waals surface area contributed by atoms with E-state index in [0.717, 1.165) is 0 Å². The highest BCUT2D eigenvalue weighted by Gasteiger charge is 2.10. The molecule has 0 aliphatic heterocycles. The summed E-state index contributed by atoms with van der Waals surface area (Å²) in [6.07, 6.45) is 1.69. The third kappa shape index (κ3) is 4.97. The van der Waals surface area contributed by atoms with Crippen molar-refractivity contribution in [3.63, 3.8) is 0 Å². The van der Waals surface area contributed by atoms with Crippen LogP contribution in [-0.4, -0.2) is 46.2 Å². The minimum absolute atomic E-state index is 0.122. The first kappa shape index (κ1) is 15.0. The summed E-state index contributed by atoms with van der Waals surface area (Å²) in [4.78, 5) is 27.9. The van der Waals surface area contributed by atoms with Gasteiger partial charge in [0, 0.05) is 19.8 Å². The molecule has 1 aromatic rings. The molecule has 0 atom stereocenters. The maximum atomic E-state index is 11.7. The quantitative estimate of drug-likeness (QED) is 0.787. The van der Waals surface area contributed by atoms with E-state index in [1.807, 2.05) is 6.07 Å². The second-order valence-electron chi connectivity index (χ2n) is 3.70. The van der Waals surface area contributed by atoms with E-state index in [0.29, 0.717) is 18.0 Å². The first-order chi connectivity index (χ1) is 9.04. The second-order valence-corrected chi connectivity index (χ2v) is 4.70. The fourth-order valence-electron chi connectivity index (χ4n) is 1.21. The van der Waals surface area contributed by atoms with E-state index in [2.05, 4.69) is 4.98 Å². The Morgan fingerprint density at radius 3 is 2.95 bits per heavy atom. The lowest BCUT2D eigenvalue weighted by Crippen LogP contribution is -2.29. The average Bonchev–Trinajstić information content (AvgIpc) is 2.42. The van der Waals surface area contributed by atoms with E-state index >= 15 is 0 Å². The number of carbonyl (C=O) groups excluding carboxylic acids is 1. The maximum Gasteiger partial charge on any atom is 0.335 e. The van der Waals surface area contributed by atoms with Gasteiger partial charge in [0.15, 0.2) is 0 Å². The van der Waals surface area contributed by atoms with Crippen molar-refractivity contribution in [2.45, 2.75) is 11.4 Å². The standard InChI is InChI=1S/C12H13N3O3S/c1-15(6-2-4-13)11(16)8-19-10-7-9(12(17)18)3-5-14-10/h3,5,7H,2,6,8H2,1H3,(H,17,18). The van der Waals surface area contributed by atoms with Crippen LogP contribution in [0.1, 0.15) is 16.8 Å². The Bertz CT molecular complexity index is 513. The van der Waals surface area contributed by atoms with Crippen LogP contribution in [0.4, 0.5) is 0 Å². The SMILES string of the molecule is CN(CCC#N)C(=O)CSc1cc(C(=O)O)ccn1. The molecule has 7 heteroatoms. The fourth-order valence-corrected chi connectivity index (χ4v) is 2.05. The summed E-state index contributed by atoms with van der Waals surface area (Å²) in [6.45, 7) is 0.387. The van der Waals surface area contributed by atoms with Gasteiger partial charge in [-0.3, -0.25) is 4.79 Å². The number of carboxylic acids is 1. The zero-order valence-corrected chi connectivity index (χ0v) is 11.2. The van der Waals surface area contributed by atoms with Gasteiger partial charge in [0.2, 0.25) is 5.91 Å². The molecule has 100 valence electrons. The highest BCUT2D eigenvalue weighted by molar-refractivity contribution is 7.99. The number of amides is 1. The van der Waals surface area contributed by atoms with E-state index in [4.69, 9.17) is 10.4 Å². The molecule has 1 heterocycles. The lowest BCUT2D eigenvalue weighted by Gasteiger charge is -2.14. The second kappa shape index (κ2) is 7.38. The topological polar surface area (TPSA) is 94.3 Å². The summed E-state index contributed by atoms with van der Waals surface area (Å²) in [5.41, 5.74) is 0.141. The number of aromatic nitrogens is 1. The van der Waals surface area contributed by atoms with Gasteiger partial charge in [-0.25, -0.2) is 9.78 Å². The number of nitrogens with zero attached hydrogens (tertiary/aromatic N) is 3. The Balaban J connectivity index is 2.52. The van der Waals surface area contributed by atoms with Gasteiger partial charge in [0.25, 0.3) is 0 Å². The van der Waals surface area contributed by atoms with Gasteiger partial charge in [-0.05, 0) is 12.1 Å². The number of thioether (sulfide) groups is 1. The van der Waals surface area contributed by atoms with E-state index in [1.54, 1.807) is 7.05 Å². The van der Waals surface area contributed by atoms with E-state index < -0.39 is 5.97 Å². The molecule has 19 heavy (non-hydrogen) atoms. The van der Waals surface area contributed by atoms with Crippen LogP contribution in [0, 0.1) is 11.3 Å². The van der Waals surface area contributed by atoms with Crippen LogP contribution < -0.4 is 0 Å². The minimum atomic E-state index is -1.03. The molecular formula is C12H13N3O3S. The molecule has 6 nitrogen and oxygen atoms in total. The van der Waals surface area contributed by atoms with Crippen molar-refractivity contribution in [2.24, 2.45) is 0 Å². The molecule has 0 fully saturated rings. The van der Waals surface area contributed by atoms with Gasteiger partial charge in [0.1, 0.15) is 0 Å². The summed E-state index contributed by atoms with van der Waals surface area (Å²) in [5, 5.41) is 17.7. The molecular weight excluding hydrogens is 266 g/mol. The van der Waals surface area contributed by atoms with Crippen molar-refractivity contribution in [1.82, 2.24) is 9.88 Å². The largest absolute Gasteiger partial charge is 0.478 e. The van der Waals surface area contributed by atoms with Gasteiger partial charge in [-0.1, -0.05) is 11.8 Å². The lowest BCUT2D eigenvalue weighted by atomic mass is 10.3. The van der Waals surface area contributed by atoms with Crippen molar-refractivity contribution in [2.75, 3.05) is 19.3 Å². The van der Waals surface area contributed by atoms with E-state index in [1.165, 1.54) is 35.0 Å². The molecule has 0 aromatic carbocycles. The molecule has 0 unspecified atom stereocenters. The van der Waals surface area contributed by atoms with Crippen molar-refractivity contribution in [1.29, 1.82) is 5.26 Å². The van der Waals surface area contributed by atoms with Crippen molar-refractivity contribution in [3.05, 3.63) is 23.9 Å². The molecule has 0 spiro atoms. The average molecular weight is 279 g/mol. The third-order valence-electron chi connectivity index (χ3n) is 2.31. The zero-order valence-electron chi connectivity index (χ0n) is 10.4. The van der Waals surface area contributed by atoms with Crippen LogP contribution in [0.2, 0.25) is 0 Å². The summed E-state index contributed by atoms with van der Waals surface area (Å²) in [5.74, 6) is -0.984. The molecule has 0 saturated heterocycles. The maximum absolute atomic E-state index is 11.7. The van der Waals surface area contributed by atoms with Gasteiger partial charge in [0.05, 0.1) is 28.8 Å². The number of carboxylic acid groups (broad SMARTS) is 1. The van der Waals surface area contributed by atoms with E-state index in [-0.39, 0.29) is 17.2 Å².